The van der Waals surface area contributed by atoms with Gasteiger partial charge >= 0.3 is 5.97 Å². The molecule has 5 nitrogen and oxygen atoms in total. The molecule has 0 N–H and O–H groups in total. The quantitative estimate of drug-likeness (QED) is 0.642. The Morgan fingerprint density at radius 2 is 1.75 bits per heavy atom. The molecule has 0 saturated heterocycles. The largest absolute Gasteiger partial charge is 0.465 e. The lowest BCUT2D eigenvalue weighted by atomic mass is 10.3. The molecule has 0 bridgehead atoms. The highest BCUT2D eigenvalue weighted by Gasteiger charge is 2.13. The Balaban J connectivity index is 0. The Hall–Kier alpha value is -0.810. The van der Waals surface area contributed by atoms with Crippen LogP contribution in [0, 0.1) is 0 Å². The van der Waals surface area contributed by atoms with Crippen LogP contribution in [0.5, 0.6) is 0 Å². The molecule has 0 rings (SSSR count). The molecule has 16 heavy (non-hydrogen) atoms. The molecule has 0 aromatic rings. The van der Waals surface area contributed by atoms with Gasteiger partial charge in [-0.3, -0.25) is 9.59 Å². The summed E-state index contributed by atoms with van der Waals surface area (Å²) in [6, 6.07) is 0. The number of likely N-dealkylation sites (N-methyl/N-ethyl adjacent to an activating group) is 1. The molecule has 0 aromatic carbocycles. The van der Waals surface area contributed by atoms with Crippen molar-refractivity contribution in [2.24, 2.45) is 0 Å². The number of nitrogens with zero attached hydrogens (tertiary/aromatic N) is 2. The van der Waals surface area contributed by atoms with Crippen molar-refractivity contribution in [1.29, 1.82) is 0 Å². The summed E-state index contributed by atoms with van der Waals surface area (Å²) in [7, 11) is 5.41. The van der Waals surface area contributed by atoms with E-state index in [0.29, 0.717) is 19.6 Å². The Morgan fingerprint density at radius 3 is 2.19 bits per heavy atom. The summed E-state index contributed by atoms with van der Waals surface area (Å²) < 4.78 is 4.75. The Morgan fingerprint density at radius 1 is 1.19 bits per heavy atom. The lowest BCUT2D eigenvalue weighted by Crippen LogP contribution is -2.34. The van der Waals surface area contributed by atoms with Crippen LogP contribution in [-0.4, -0.2) is 62.5 Å². The summed E-state index contributed by atoms with van der Waals surface area (Å²) in [5.41, 5.74) is 0. The summed E-state index contributed by atoms with van der Waals surface area (Å²) in [4.78, 5) is 25.9. The van der Waals surface area contributed by atoms with Crippen LogP contribution in [0.4, 0.5) is 0 Å². The molecule has 6 heteroatoms. The molecule has 0 spiro atoms. The summed E-state index contributed by atoms with van der Waals surface area (Å²) in [6.07, 6.45) is 0.420. The van der Waals surface area contributed by atoms with E-state index in [0.717, 1.165) is 0 Å². The van der Waals surface area contributed by atoms with Gasteiger partial charge in [-0.1, -0.05) is 0 Å². The molecule has 0 fully saturated rings. The van der Waals surface area contributed by atoms with Crippen molar-refractivity contribution < 1.29 is 14.3 Å². The van der Waals surface area contributed by atoms with Gasteiger partial charge in [-0.15, -0.1) is 12.4 Å². The zero-order chi connectivity index (χ0) is 11.8. The van der Waals surface area contributed by atoms with Crippen LogP contribution in [0.1, 0.15) is 13.3 Å². The third-order valence-corrected chi connectivity index (χ3v) is 1.87. The van der Waals surface area contributed by atoms with Gasteiger partial charge in [0.25, 0.3) is 0 Å². The van der Waals surface area contributed by atoms with E-state index in [1.807, 2.05) is 19.0 Å². The second kappa shape index (κ2) is 9.42. The predicted molar refractivity (Wildman–Crippen MR) is 64.7 cm³/mol. The van der Waals surface area contributed by atoms with E-state index < -0.39 is 0 Å². The lowest BCUT2D eigenvalue weighted by molar-refractivity contribution is -0.148. The summed E-state index contributed by atoms with van der Waals surface area (Å²) in [6.45, 7) is 2.80. The number of carbonyl (C=O) groups excluding carboxylic acids is 2. The normalized spacial score (nSPS) is 9.56. The van der Waals surface area contributed by atoms with Crippen molar-refractivity contribution in [2.75, 3.05) is 40.8 Å². The number of ether oxygens (including phenoxy) is 1. The number of carbonyl (C=O) groups is 2. The average Bonchev–Trinajstić information content (AvgIpc) is 2.14. The SMILES string of the molecule is CCOC(=O)CN(C)C(=O)CCN(C)C.Cl. The second-order valence-electron chi connectivity index (χ2n) is 3.61. The highest BCUT2D eigenvalue weighted by Crippen LogP contribution is 1.93. The Bertz CT molecular complexity index is 222. The third kappa shape index (κ3) is 8.49. The van der Waals surface area contributed by atoms with Gasteiger partial charge in [0, 0.05) is 20.0 Å². The van der Waals surface area contributed by atoms with Gasteiger partial charge in [-0.05, 0) is 21.0 Å². The maximum atomic E-state index is 11.5. The molecule has 0 saturated carbocycles. The van der Waals surface area contributed by atoms with Crippen LogP contribution in [0.2, 0.25) is 0 Å². The van der Waals surface area contributed by atoms with Crippen molar-refractivity contribution in [2.45, 2.75) is 13.3 Å². The van der Waals surface area contributed by atoms with E-state index in [4.69, 9.17) is 4.74 Å². The van der Waals surface area contributed by atoms with Crippen LogP contribution in [-0.2, 0) is 14.3 Å². The van der Waals surface area contributed by atoms with Crippen molar-refractivity contribution in [3.05, 3.63) is 0 Å². The number of hydrogen-bond acceptors (Lipinski definition) is 4. The minimum absolute atomic E-state index is 0. The molecule has 96 valence electrons. The number of halogens is 1. The van der Waals surface area contributed by atoms with Crippen LogP contribution in [0.15, 0.2) is 0 Å². The van der Waals surface area contributed by atoms with Gasteiger partial charge in [-0.25, -0.2) is 0 Å². The second-order valence-corrected chi connectivity index (χ2v) is 3.61. The summed E-state index contributed by atoms with van der Waals surface area (Å²) >= 11 is 0. The zero-order valence-corrected chi connectivity index (χ0v) is 11.2. The Kier molecular flexibility index (Phi) is 10.3. The molecule has 0 aliphatic heterocycles. The Labute approximate surface area is 103 Å². The first-order valence-corrected chi connectivity index (χ1v) is 5.01. The number of esters is 1. The van der Waals surface area contributed by atoms with E-state index in [2.05, 4.69) is 0 Å². The molecule has 0 aromatic heterocycles. The maximum Gasteiger partial charge on any atom is 0.325 e. The van der Waals surface area contributed by atoms with Gasteiger partial charge in [-0.2, -0.15) is 0 Å². The number of amides is 1. The van der Waals surface area contributed by atoms with Gasteiger partial charge < -0.3 is 14.5 Å². The topological polar surface area (TPSA) is 49.9 Å². The van der Waals surface area contributed by atoms with Crippen molar-refractivity contribution in [3.63, 3.8) is 0 Å². The minimum Gasteiger partial charge on any atom is -0.465 e. The van der Waals surface area contributed by atoms with Crippen LogP contribution >= 0.6 is 12.4 Å². The molecule has 0 unspecified atom stereocenters. The van der Waals surface area contributed by atoms with Crippen molar-refractivity contribution >= 4 is 24.3 Å². The van der Waals surface area contributed by atoms with Gasteiger partial charge in [0.15, 0.2) is 0 Å². The van der Waals surface area contributed by atoms with E-state index in [1.54, 1.807) is 14.0 Å². The molecule has 1 amide bonds. The average molecular weight is 253 g/mol. The smallest absolute Gasteiger partial charge is 0.325 e. The van der Waals surface area contributed by atoms with E-state index in [1.165, 1.54) is 4.90 Å². The van der Waals surface area contributed by atoms with Crippen LogP contribution in [0.25, 0.3) is 0 Å². The summed E-state index contributed by atoms with van der Waals surface area (Å²) in [5, 5.41) is 0. The fourth-order valence-electron chi connectivity index (χ4n) is 0.999. The molecule has 0 aliphatic rings. The first-order chi connectivity index (χ1) is 6.97. The maximum absolute atomic E-state index is 11.5. The highest BCUT2D eigenvalue weighted by molar-refractivity contribution is 5.85. The standard InChI is InChI=1S/C10H20N2O3.ClH/c1-5-15-10(14)8-12(4)9(13)6-7-11(2)3;/h5-8H2,1-4H3;1H. The molecular formula is C10H21ClN2O3. The lowest BCUT2D eigenvalue weighted by Gasteiger charge is -2.17. The predicted octanol–water partition coefficient (Wildman–Crippen LogP) is 0.381. The highest BCUT2D eigenvalue weighted by atomic mass is 35.5. The van der Waals surface area contributed by atoms with Gasteiger partial charge in [0.2, 0.25) is 5.91 Å². The molecule has 0 atom stereocenters. The number of hydrogen-bond donors (Lipinski definition) is 0. The molecular weight excluding hydrogens is 232 g/mol. The van der Waals surface area contributed by atoms with Crippen LogP contribution < -0.4 is 0 Å². The van der Waals surface area contributed by atoms with E-state index in [-0.39, 0.29) is 30.8 Å². The fourth-order valence-corrected chi connectivity index (χ4v) is 0.999. The molecule has 0 radical (unpaired) electrons. The molecule has 0 aliphatic carbocycles. The third-order valence-electron chi connectivity index (χ3n) is 1.87. The van der Waals surface area contributed by atoms with E-state index in [9.17, 15) is 9.59 Å². The summed E-state index contributed by atoms with van der Waals surface area (Å²) in [5.74, 6) is -0.407. The van der Waals surface area contributed by atoms with Crippen molar-refractivity contribution in [3.8, 4) is 0 Å². The van der Waals surface area contributed by atoms with Gasteiger partial charge in [0.05, 0.1) is 6.61 Å². The van der Waals surface area contributed by atoms with Gasteiger partial charge in [0.1, 0.15) is 6.54 Å². The van der Waals surface area contributed by atoms with Crippen molar-refractivity contribution in [1.82, 2.24) is 9.80 Å². The van der Waals surface area contributed by atoms with E-state index >= 15 is 0 Å². The first kappa shape index (κ1) is 17.6. The zero-order valence-electron chi connectivity index (χ0n) is 10.4. The molecule has 0 heterocycles. The van der Waals surface area contributed by atoms with Crippen LogP contribution in [0.3, 0.4) is 0 Å². The monoisotopic (exact) mass is 252 g/mol. The minimum atomic E-state index is -0.363. The first-order valence-electron chi connectivity index (χ1n) is 5.01. The number of rotatable bonds is 6. The fraction of sp³-hybridized carbons (Fsp3) is 0.800.